The number of nitrogens with zero attached hydrogens (tertiary/aromatic N) is 3. The number of hydrogen-bond acceptors (Lipinski definition) is 3. The third-order valence-corrected chi connectivity index (χ3v) is 1.84. The van der Waals surface area contributed by atoms with Gasteiger partial charge in [-0.15, -0.1) is 0 Å². The Labute approximate surface area is 127 Å². The third kappa shape index (κ3) is 6.07. The van der Waals surface area contributed by atoms with Crippen molar-refractivity contribution < 1.29 is 49.0 Å². The first kappa shape index (κ1) is 21.7. The maximum Gasteiger partial charge on any atom is 1.00 e. The standard InChI is InChI=1S/C10H14N3O.2ClH.Zn/c1-4-14-10-7-8(12-11)5-6-9(10)13(2)3;;;/h5-7H,4H2,1-3H3;2*1H;/q+1;;;+1/p-2. The monoisotopic (exact) mass is 326 g/mol. The first-order valence-corrected chi connectivity index (χ1v) is 4.48. The molecule has 1 radical (unpaired) electrons. The van der Waals surface area contributed by atoms with Crippen LogP contribution in [0.1, 0.15) is 6.92 Å². The van der Waals surface area contributed by atoms with E-state index in [-0.39, 0.29) is 44.3 Å². The van der Waals surface area contributed by atoms with Gasteiger partial charge in [-0.2, -0.15) is 0 Å². The van der Waals surface area contributed by atoms with Gasteiger partial charge in [0.1, 0.15) is 0 Å². The van der Waals surface area contributed by atoms with E-state index in [2.05, 4.69) is 4.98 Å². The minimum Gasteiger partial charge on any atom is -1.00 e. The molecule has 0 bridgehead atoms. The number of benzene rings is 1. The van der Waals surface area contributed by atoms with Crippen LogP contribution in [0.4, 0.5) is 11.4 Å². The van der Waals surface area contributed by atoms with E-state index < -0.39 is 0 Å². The molecule has 1 aromatic rings. The van der Waals surface area contributed by atoms with Crippen LogP contribution in [-0.2, 0) is 19.5 Å². The first-order valence-electron chi connectivity index (χ1n) is 4.48. The van der Waals surface area contributed by atoms with Gasteiger partial charge in [0.15, 0.2) is 10.7 Å². The van der Waals surface area contributed by atoms with E-state index in [1.807, 2.05) is 32.0 Å². The molecule has 0 amide bonds. The van der Waals surface area contributed by atoms with Crippen molar-refractivity contribution in [1.82, 2.24) is 0 Å². The van der Waals surface area contributed by atoms with Crippen LogP contribution in [-0.4, -0.2) is 20.7 Å². The van der Waals surface area contributed by atoms with Crippen LogP contribution >= 0.6 is 0 Å². The third-order valence-electron chi connectivity index (χ3n) is 1.84. The molecule has 1 aromatic carbocycles. The second-order valence-corrected chi connectivity index (χ2v) is 3.08. The van der Waals surface area contributed by atoms with Crippen molar-refractivity contribution in [2.24, 2.45) is 0 Å². The second-order valence-electron chi connectivity index (χ2n) is 3.08. The molecule has 7 heteroatoms. The van der Waals surface area contributed by atoms with Crippen LogP contribution in [0.3, 0.4) is 0 Å². The van der Waals surface area contributed by atoms with E-state index in [9.17, 15) is 0 Å². The molecular weight excluding hydrogens is 314 g/mol. The Hall–Kier alpha value is -0.557. The van der Waals surface area contributed by atoms with Crippen molar-refractivity contribution in [3.63, 3.8) is 0 Å². The molecule has 0 atom stereocenters. The Morgan fingerprint density at radius 3 is 2.29 bits per heavy atom. The predicted molar refractivity (Wildman–Crippen MR) is 56.7 cm³/mol. The number of rotatable bonds is 3. The van der Waals surface area contributed by atoms with Crippen molar-refractivity contribution in [3.8, 4) is 5.75 Å². The maximum absolute atomic E-state index is 8.62. The Bertz CT molecular complexity index is 369. The number of diazo groups is 1. The average Bonchev–Trinajstić information content (AvgIpc) is 2.17. The zero-order valence-corrected chi connectivity index (χ0v) is 14.6. The molecule has 0 heterocycles. The Morgan fingerprint density at radius 1 is 1.29 bits per heavy atom. The molecular formula is C10H14Cl2N3OZn. The van der Waals surface area contributed by atoms with Crippen LogP contribution in [0.5, 0.6) is 5.75 Å². The number of halogens is 2. The number of ether oxygens (including phenoxy) is 1. The second kappa shape index (κ2) is 10.6. The molecule has 0 aliphatic carbocycles. The van der Waals surface area contributed by atoms with E-state index in [1.165, 1.54) is 0 Å². The molecule has 0 saturated carbocycles. The van der Waals surface area contributed by atoms with Gasteiger partial charge in [0, 0.05) is 20.2 Å². The van der Waals surface area contributed by atoms with Gasteiger partial charge in [-0.25, -0.2) is 0 Å². The average molecular weight is 329 g/mol. The smallest absolute Gasteiger partial charge is 1.00 e. The summed E-state index contributed by atoms with van der Waals surface area (Å²) in [5, 5.41) is 8.62. The zero-order valence-electron chi connectivity index (χ0n) is 10.2. The van der Waals surface area contributed by atoms with Gasteiger partial charge in [0.2, 0.25) is 5.39 Å². The van der Waals surface area contributed by atoms with Crippen LogP contribution in [0, 0.1) is 5.39 Å². The van der Waals surface area contributed by atoms with E-state index >= 15 is 0 Å². The van der Waals surface area contributed by atoms with Gasteiger partial charge < -0.3 is 34.5 Å². The summed E-state index contributed by atoms with van der Waals surface area (Å²) in [4.78, 5) is 5.07. The Kier molecular flexibility index (Phi) is 13.5. The molecule has 0 saturated heterocycles. The SMILES string of the molecule is CCOc1cc([N+]#N)ccc1N(C)C.[Cl-].[Cl-].[Zn+]. The maximum atomic E-state index is 8.62. The minimum atomic E-state index is 0. The van der Waals surface area contributed by atoms with Gasteiger partial charge in [-0.3, -0.25) is 0 Å². The fourth-order valence-electron chi connectivity index (χ4n) is 1.21. The Morgan fingerprint density at radius 2 is 1.88 bits per heavy atom. The summed E-state index contributed by atoms with van der Waals surface area (Å²) in [5.74, 6) is 0.729. The molecule has 0 spiro atoms. The molecule has 0 aromatic heterocycles. The fourth-order valence-corrected chi connectivity index (χ4v) is 1.21. The molecule has 0 N–H and O–H groups in total. The fraction of sp³-hybridized carbons (Fsp3) is 0.400. The zero-order chi connectivity index (χ0) is 10.6. The van der Waals surface area contributed by atoms with Gasteiger partial charge >= 0.3 is 25.2 Å². The van der Waals surface area contributed by atoms with Crippen molar-refractivity contribution in [2.45, 2.75) is 6.92 Å². The van der Waals surface area contributed by atoms with Gasteiger partial charge in [0.25, 0.3) is 0 Å². The summed E-state index contributed by atoms with van der Waals surface area (Å²) >= 11 is 0. The van der Waals surface area contributed by atoms with E-state index in [0.29, 0.717) is 12.3 Å². The van der Waals surface area contributed by atoms with E-state index in [0.717, 1.165) is 11.4 Å². The van der Waals surface area contributed by atoms with Crippen LogP contribution < -0.4 is 34.5 Å². The van der Waals surface area contributed by atoms with Crippen molar-refractivity contribution in [3.05, 3.63) is 23.2 Å². The minimum absolute atomic E-state index is 0. The molecule has 4 nitrogen and oxygen atoms in total. The molecule has 91 valence electrons. The van der Waals surface area contributed by atoms with Crippen LogP contribution in [0.2, 0.25) is 0 Å². The number of anilines is 1. The molecule has 0 aliphatic rings. The molecule has 0 aliphatic heterocycles. The normalized spacial score (nSPS) is 7.65. The summed E-state index contributed by atoms with van der Waals surface area (Å²) in [6.07, 6.45) is 0. The summed E-state index contributed by atoms with van der Waals surface area (Å²) in [6.45, 7) is 2.51. The summed E-state index contributed by atoms with van der Waals surface area (Å²) in [7, 11) is 3.88. The molecule has 0 unspecified atom stereocenters. The van der Waals surface area contributed by atoms with E-state index in [1.54, 1.807) is 12.1 Å². The van der Waals surface area contributed by atoms with Gasteiger partial charge in [-0.1, -0.05) is 0 Å². The summed E-state index contributed by atoms with van der Waals surface area (Å²) < 4.78 is 5.43. The topological polar surface area (TPSA) is 40.6 Å². The molecule has 0 fully saturated rings. The predicted octanol–water partition coefficient (Wildman–Crippen LogP) is -3.36. The van der Waals surface area contributed by atoms with Crippen LogP contribution in [0.25, 0.3) is 4.98 Å². The molecule has 1 rings (SSSR count). The molecule has 17 heavy (non-hydrogen) atoms. The van der Waals surface area contributed by atoms with Crippen LogP contribution in [0.15, 0.2) is 18.2 Å². The van der Waals surface area contributed by atoms with Crippen molar-refractivity contribution in [1.29, 1.82) is 5.39 Å². The number of hydrogen-bond donors (Lipinski definition) is 0. The quantitative estimate of drug-likeness (QED) is 0.430. The van der Waals surface area contributed by atoms with Gasteiger partial charge in [-0.05, 0) is 13.0 Å². The first-order chi connectivity index (χ1) is 6.69. The Balaban J connectivity index is -0.000000653. The van der Waals surface area contributed by atoms with E-state index in [4.69, 9.17) is 10.1 Å². The largest absolute Gasteiger partial charge is 1.00 e. The van der Waals surface area contributed by atoms with Crippen molar-refractivity contribution in [2.75, 3.05) is 25.6 Å². The van der Waals surface area contributed by atoms with Crippen molar-refractivity contribution >= 4 is 11.4 Å². The summed E-state index contributed by atoms with van der Waals surface area (Å²) in [6, 6.07) is 5.30. The summed E-state index contributed by atoms with van der Waals surface area (Å²) in [5.41, 5.74) is 1.47. The van der Waals surface area contributed by atoms with Gasteiger partial charge in [0.05, 0.1) is 18.4 Å².